The number of rotatable bonds is 3. The molecule has 0 unspecified atom stereocenters. The molecule has 3 aromatic rings. The lowest BCUT2D eigenvalue weighted by Crippen LogP contribution is -2.04. The summed E-state index contributed by atoms with van der Waals surface area (Å²) in [5, 5.41) is 8.79. The highest BCUT2D eigenvalue weighted by molar-refractivity contribution is 5.90. The molecule has 2 aromatic heterocycles. The maximum absolute atomic E-state index is 13.4. The maximum atomic E-state index is 13.4. The number of hydrogen-bond donors (Lipinski definition) is 1. The molecule has 5 nitrogen and oxygen atoms in total. The normalized spacial score (nSPS) is 14.6. The molecule has 0 bridgehead atoms. The third-order valence-corrected chi connectivity index (χ3v) is 3.61. The molecule has 1 saturated carbocycles. The van der Waals surface area contributed by atoms with Gasteiger partial charge in [-0.25, -0.2) is 19.0 Å². The zero-order valence-electron chi connectivity index (χ0n) is 11.5. The van der Waals surface area contributed by atoms with Gasteiger partial charge < -0.3 is 5.32 Å². The van der Waals surface area contributed by atoms with Crippen LogP contribution in [0.3, 0.4) is 0 Å². The van der Waals surface area contributed by atoms with Gasteiger partial charge in [0.2, 0.25) is 0 Å². The molecule has 1 aliphatic rings. The van der Waals surface area contributed by atoms with E-state index >= 15 is 0 Å². The lowest BCUT2D eigenvalue weighted by Gasteiger charge is -2.05. The van der Waals surface area contributed by atoms with E-state index in [1.807, 2.05) is 13.0 Å². The first kappa shape index (κ1) is 12.3. The molecule has 0 amide bonds. The first-order chi connectivity index (χ1) is 10.2. The Balaban J connectivity index is 1.90. The Morgan fingerprint density at radius 3 is 2.90 bits per heavy atom. The SMILES string of the molecule is Cc1nn(-c2cccc(F)c2)c2ncnc(NC3CC3)c12. The number of aromatic nitrogens is 4. The molecule has 4 rings (SSSR count). The van der Waals surface area contributed by atoms with Crippen LogP contribution >= 0.6 is 0 Å². The summed E-state index contributed by atoms with van der Waals surface area (Å²) in [6.07, 6.45) is 3.86. The minimum Gasteiger partial charge on any atom is -0.367 e. The van der Waals surface area contributed by atoms with Crippen LogP contribution in [0.2, 0.25) is 0 Å². The van der Waals surface area contributed by atoms with Crippen molar-refractivity contribution in [1.82, 2.24) is 19.7 Å². The van der Waals surface area contributed by atoms with E-state index in [0.29, 0.717) is 17.4 Å². The van der Waals surface area contributed by atoms with Crippen LogP contribution in [0.5, 0.6) is 0 Å². The Morgan fingerprint density at radius 1 is 1.29 bits per heavy atom. The van der Waals surface area contributed by atoms with Crippen molar-refractivity contribution in [3.63, 3.8) is 0 Å². The zero-order valence-corrected chi connectivity index (χ0v) is 11.5. The minimum absolute atomic E-state index is 0.292. The summed E-state index contributed by atoms with van der Waals surface area (Å²) in [7, 11) is 0. The molecule has 2 heterocycles. The Morgan fingerprint density at radius 2 is 2.14 bits per heavy atom. The van der Waals surface area contributed by atoms with Crippen LogP contribution in [0.25, 0.3) is 16.7 Å². The van der Waals surface area contributed by atoms with Gasteiger partial charge in [0.05, 0.1) is 16.8 Å². The van der Waals surface area contributed by atoms with E-state index in [4.69, 9.17) is 0 Å². The first-order valence-corrected chi connectivity index (χ1v) is 6.95. The van der Waals surface area contributed by atoms with Gasteiger partial charge in [0, 0.05) is 6.04 Å². The predicted molar refractivity (Wildman–Crippen MR) is 78.0 cm³/mol. The van der Waals surface area contributed by atoms with Crippen molar-refractivity contribution >= 4 is 16.9 Å². The standard InChI is InChI=1S/C15H14FN5/c1-9-13-14(19-11-5-6-11)17-8-18-15(13)21(20-9)12-4-2-3-10(16)7-12/h2-4,7-8,11H,5-6H2,1H3,(H,17,18,19). The van der Waals surface area contributed by atoms with E-state index in [9.17, 15) is 4.39 Å². The molecule has 1 fully saturated rings. The van der Waals surface area contributed by atoms with Crippen LogP contribution in [0.4, 0.5) is 10.2 Å². The van der Waals surface area contributed by atoms with Crippen molar-refractivity contribution in [2.75, 3.05) is 5.32 Å². The summed E-state index contributed by atoms with van der Waals surface area (Å²) in [4.78, 5) is 8.65. The van der Waals surface area contributed by atoms with Crippen molar-refractivity contribution in [3.8, 4) is 5.69 Å². The van der Waals surface area contributed by atoms with Gasteiger partial charge in [-0.3, -0.25) is 0 Å². The van der Waals surface area contributed by atoms with Gasteiger partial charge in [-0.05, 0) is 38.0 Å². The van der Waals surface area contributed by atoms with Crippen molar-refractivity contribution in [2.24, 2.45) is 0 Å². The molecule has 1 aliphatic carbocycles. The average molecular weight is 283 g/mol. The van der Waals surface area contributed by atoms with Gasteiger partial charge in [-0.1, -0.05) is 6.07 Å². The first-order valence-electron chi connectivity index (χ1n) is 6.95. The van der Waals surface area contributed by atoms with E-state index in [2.05, 4.69) is 20.4 Å². The number of fused-ring (bicyclic) bond motifs is 1. The number of anilines is 1. The summed E-state index contributed by atoms with van der Waals surface area (Å²) in [6.45, 7) is 1.92. The van der Waals surface area contributed by atoms with Crippen LogP contribution < -0.4 is 5.32 Å². The Labute approximate surface area is 120 Å². The Hall–Kier alpha value is -2.50. The summed E-state index contributed by atoms with van der Waals surface area (Å²) >= 11 is 0. The highest BCUT2D eigenvalue weighted by Gasteiger charge is 2.24. The quantitative estimate of drug-likeness (QED) is 0.803. The molecule has 0 aliphatic heterocycles. The van der Waals surface area contributed by atoms with Crippen LogP contribution in [-0.4, -0.2) is 25.8 Å². The van der Waals surface area contributed by atoms with Crippen LogP contribution in [0, 0.1) is 12.7 Å². The van der Waals surface area contributed by atoms with Crippen LogP contribution in [0.15, 0.2) is 30.6 Å². The van der Waals surface area contributed by atoms with Gasteiger partial charge in [0.1, 0.15) is 18.0 Å². The molecule has 6 heteroatoms. The average Bonchev–Trinajstić information content (AvgIpc) is 3.22. The van der Waals surface area contributed by atoms with E-state index in [1.165, 1.54) is 31.3 Å². The lowest BCUT2D eigenvalue weighted by molar-refractivity contribution is 0.625. The van der Waals surface area contributed by atoms with Crippen LogP contribution in [-0.2, 0) is 0 Å². The van der Waals surface area contributed by atoms with Crippen molar-refractivity contribution in [2.45, 2.75) is 25.8 Å². The highest BCUT2D eigenvalue weighted by atomic mass is 19.1. The molecule has 0 radical (unpaired) electrons. The lowest BCUT2D eigenvalue weighted by atomic mass is 10.3. The molecular weight excluding hydrogens is 269 g/mol. The molecule has 0 saturated heterocycles. The number of halogens is 1. The van der Waals surface area contributed by atoms with Crippen molar-refractivity contribution in [3.05, 3.63) is 42.1 Å². The summed E-state index contributed by atoms with van der Waals surface area (Å²) < 4.78 is 15.1. The smallest absolute Gasteiger partial charge is 0.168 e. The Kier molecular flexibility index (Phi) is 2.63. The second kappa shape index (κ2) is 4.51. The maximum Gasteiger partial charge on any atom is 0.168 e. The molecule has 1 aromatic carbocycles. The highest BCUT2D eigenvalue weighted by Crippen LogP contribution is 2.30. The van der Waals surface area contributed by atoms with E-state index in [0.717, 1.165) is 16.9 Å². The molecule has 0 atom stereocenters. The monoisotopic (exact) mass is 283 g/mol. The van der Waals surface area contributed by atoms with Crippen molar-refractivity contribution in [1.29, 1.82) is 0 Å². The topological polar surface area (TPSA) is 55.6 Å². The van der Waals surface area contributed by atoms with Crippen molar-refractivity contribution < 1.29 is 4.39 Å². The number of nitrogens with zero attached hydrogens (tertiary/aromatic N) is 4. The van der Waals surface area contributed by atoms with E-state index in [1.54, 1.807) is 10.7 Å². The fraction of sp³-hybridized carbons (Fsp3) is 0.267. The molecular formula is C15H14FN5. The van der Waals surface area contributed by atoms with E-state index < -0.39 is 0 Å². The van der Waals surface area contributed by atoms with Gasteiger partial charge in [0.15, 0.2) is 5.65 Å². The Bertz CT molecular complexity index is 822. The molecule has 1 N–H and O–H groups in total. The summed E-state index contributed by atoms with van der Waals surface area (Å²) in [5.41, 5.74) is 2.18. The second-order valence-electron chi connectivity index (χ2n) is 5.32. The van der Waals surface area contributed by atoms with E-state index in [-0.39, 0.29) is 5.82 Å². The summed E-state index contributed by atoms with van der Waals surface area (Å²) in [5.74, 6) is 0.516. The summed E-state index contributed by atoms with van der Waals surface area (Å²) in [6, 6.07) is 6.84. The number of hydrogen-bond acceptors (Lipinski definition) is 4. The fourth-order valence-electron chi connectivity index (χ4n) is 2.44. The molecule has 21 heavy (non-hydrogen) atoms. The molecule has 106 valence electrons. The largest absolute Gasteiger partial charge is 0.367 e. The third-order valence-electron chi connectivity index (χ3n) is 3.61. The second-order valence-corrected chi connectivity index (χ2v) is 5.32. The number of aryl methyl sites for hydroxylation is 1. The number of benzene rings is 1. The van der Waals surface area contributed by atoms with Gasteiger partial charge in [0.25, 0.3) is 0 Å². The third kappa shape index (κ3) is 2.12. The molecule has 0 spiro atoms. The van der Waals surface area contributed by atoms with Crippen LogP contribution in [0.1, 0.15) is 18.5 Å². The predicted octanol–water partition coefficient (Wildman–Crippen LogP) is 2.84. The number of nitrogens with one attached hydrogen (secondary N) is 1. The van der Waals surface area contributed by atoms with Gasteiger partial charge in [-0.2, -0.15) is 5.10 Å². The zero-order chi connectivity index (χ0) is 14.4. The van der Waals surface area contributed by atoms with Gasteiger partial charge >= 0.3 is 0 Å². The minimum atomic E-state index is -0.292. The van der Waals surface area contributed by atoms with Gasteiger partial charge in [-0.15, -0.1) is 0 Å². The fourth-order valence-corrected chi connectivity index (χ4v) is 2.44.